The van der Waals surface area contributed by atoms with Gasteiger partial charge < -0.3 is 10.0 Å². The van der Waals surface area contributed by atoms with Crippen LogP contribution in [0.25, 0.3) is 0 Å². The van der Waals surface area contributed by atoms with Gasteiger partial charge in [0.1, 0.15) is 5.82 Å². The average molecular weight is 287 g/mol. The van der Waals surface area contributed by atoms with Crippen molar-refractivity contribution in [1.82, 2.24) is 0 Å². The molecule has 0 aromatic heterocycles. The Hall–Kier alpha value is -2.36. The van der Waals surface area contributed by atoms with Crippen molar-refractivity contribution < 1.29 is 14.3 Å². The number of aromatic carboxylic acids is 1. The van der Waals surface area contributed by atoms with Crippen LogP contribution in [0.2, 0.25) is 0 Å². The number of nitrogens with zero attached hydrogens (tertiary/aromatic N) is 1. The third-order valence-corrected chi connectivity index (χ3v) is 3.50. The number of hydrogen-bond acceptors (Lipinski definition) is 2. The second kappa shape index (κ2) is 6.39. The standard InChI is InChI=1S/C17H18FNO2/c1-3-12-4-8-15(9-5-12)19(2)11-13-6-7-14(18)10-16(13)17(20)21/h4-10H,3,11H2,1-2H3,(H,20,21). The highest BCUT2D eigenvalue weighted by atomic mass is 19.1. The Morgan fingerprint density at radius 2 is 1.86 bits per heavy atom. The zero-order valence-electron chi connectivity index (χ0n) is 12.1. The third kappa shape index (κ3) is 3.60. The van der Waals surface area contributed by atoms with Crippen LogP contribution >= 0.6 is 0 Å². The summed E-state index contributed by atoms with van der Waals surface area (Å²) in [4.78, 5) is 13.1. The molecule has 3 nitrogen and oxygen atoms in total. The summed E-state index contributed by atoms with van der Waals surface area (Å²) in [6, 6.07) is 12.0. The van der Waals surface area contributed by atoms with E-state index < -0.39 is 11.8 Å². The Bertz CT molecular complexity index is 638. The second-order valence-electron chi connectivity index (χ2n) is 4.98. The number of hydrogen-bond donors (Lipinski definition) is 1. The van der Waals surface area contributed by atoms with Crippen LogP contribution < -0.4 is 4.90 Å². The van der Waals surface area contributed by atoms with Gasteiger partial charge >= 0.3 is 5.97 Å². The normalized spacial score (nSPS) is 10.4. The first-order valence-electron chi connectivity index (χ1n) is 6.83. The SMILES string of the molecule is CCc1ccc(N(C)Cc2ccc(F)cc2C(=O)O)cc1. The Kier molecular flexibility index (Phi) is 4.58. The van der Waals surface area contributed by atoms with Gasteiger partial charge in [-0.2, -0.15) is 0 Å². The molecular weight excluding hydrogens is 269 g/mol. The van der Waals surface area contributed by atoms with Crippen LogP contribution in [0.15, 0.2) is 42.5 Å². The van der Waals surface area contributed by atoms with Crippen molar-refractivity contribution in [3.05, 3.63) is 65.0 Å². The topological polar surface area (TPSA) is 40.5 Å². The maximum atomic E-state index is 13.2. The van der Waals surface area contributed by atoms with E-state index in [-0.39, 0.29) is 5.56 Å². The minimum Gasteiger partial charge on any atom is -0.478 e. The van der Waals surface area contributed by atoms with Crippen molar-refractivity contribution in [2.24, 2.45) is 0 Å². The fourth-order valence-electron chi connectivity index (χ4n) is 2.22. The van der Waals surface area contributed by atoms with Crippen LogP contribution in [0.4, 0.5) is 10.1 Å². The van der Waals surface area contributed by atoms with E-state index in [2.05, 4.69) is 19.1 Å². The quantitative estimate of drug-likeness (QED) is 0.911. The smallest absolute Gasteiger partial charge is 0.336 e. The lowest BCUT2D eigenvalue weighted by atomic mass is 10.1. The molecule has 0 saturated heterocycles. The summed E-state index contributed by atoms with van der Waals surface area (Å²) in [7, 11) is 1.88. The molecule has 2 aromatic carbocycles. The predicted octanol–water partition coefficient (Wildman–Crippen LogP) is 3.72. The Morgan fingerprint density at radius 1 is 1.19 bits per heavy atom. The Morgan fingerprint density at radius 3 is 2.43 bits per heavy atom. The molecule has 0 unspecified atom stereocenters. The predicted molar refractivity (Wildman–Crippen MR) is 81.3 cm³/mol. The number of halogens is 1. The van der Waals surface area contributed by atoms with E-state index in [4.69, 9.17) is 5.11 Å². The van der Waals surface area contributed by atoms with Crippen LogP contribution in [-0.2, 0) is 13.0 Å². The summed E-state index contributed by atoms with van der Waals surface area (Å²) in [5, 5.41) is 9.16. The molecule has 0 atom stereocenters. The van der Waals surface area contributed by atoms with E-state index in [1.54, 1.807) is 0 Å². The molecule has 0 radical (unpaired) electrons. The summed E-state index contributed by atoms with van der Waals surface area (Å²) in [5.41, 5.74) is 2.84. The summed E-state index contributed by atoms with van der Waals surface area (Å²) >= 11 is 0. The molecule has 2 aromatic rings. The molecule has 0 aliphatic heterocycles. The highest BCUT2D eigenvalue weighted by molar-refractivity contribution is 5.89. The van der Waals surface area contributed by atoms with Gasteiger partial charge in [-0.3, -0.25) is 0 Å². The van der Waals surface area contributed by atoms with Gasteiger partial charge in [0, 0.05) is 19.3 Å². The van der Waals surface area contributed by atoms with Crippen LogP contribution in [0, 0.1) is 5.82 Å². The molecule has 0 bridgehead atoms. The maximum absolute atomic E-state index is 13.2. The van der Waals surface area contributed by atoms with E-state index in [0.717, 1.165) is 18.2 Å². The lowest BCUT2D eigenvalue weighted by Gasteiger charge is -2.20. The van der Waals surface area contributed by atoms with E-state index in [9.17, 15) is 9.18 Å². The molecule has 4 heteroatoms. The number of carboxylic acid groups (broad SMARTS) is 1. The number of benzene rings is 2. The number of anilines is 1. The van der Waals surface area contributed by atoms with Crippen LogP contribution in [-0.4, -0.2) is 18.1 Å². The van der Waals surface area contributed by atoms with Crippen molar-refractivity contribution >= 4 is 11.7 Å². The van der Waals surface area contributed by atoms with Gasteiger partial charge in [0.15, 0.2) is 0 Å². The molecule has 0 fully saturated rings. The third-order valence-electron chi connectivity index (χ3n) is 3.50. The average Bonchev–Trinajstić information content (AvgIpc) is 2.49. The van der Waals surface area contributed by atoms with Gasteiger partial charge in [-0.05, 0) is 41.8 Å². The molecule has 0 aliphatic carbocycles. The van der Waals surface area contributed by atoms with Crippen molar-refractivity contribution in [2.45, 2.75) is 19.9 Å². The first-order valence-corrected chi connectivity index (χ1v) is 6.83. The molecule has 0 spiro atoms. The zero-order chi connectivity index (χ0) is 15.4. The van der Waals surface area contributed by atoms with E-state index >= 15 is 0 Å². The first kappa shape index (κ1) is 15.0. The minimum atomic E-state index is -1.11. The highest BCUT2D eigenvalue weighted by Gasteiger charge is 2.13. The van der Waals surface area contributed by atoms with Crippen LogP contribution in [0.3, 0.4) is 0 Å². The number of carboxylic acids is 1. The lowest BCUT2D eigenvalue weighted by molar-refractivity contribution is 0.0695. The number of carbonyl (C=O) groups is 1. The monoisotopic (exact) mass is 287 g/mol. The summed E-state index contributed by atoms with van der Waals surface area (Å²) < 4.78 is 13.2. The Balaban J connectivity index is 2.22. The summed E-state index contributed by atoms with van der Waals surface area (Å²) in [6.45, 7) is 2.50. The molecule has 0 amide bonds. The minimum absolute atomic E-state index is 0.00651. The van der Waals surface area contributed by atoms with Crippen molar-refractivity contribution in [3.63, 3.8) is 0 Å². The van der Waals surface area contributed by atoms with Crippen molar-refractivity contribution in [1.29, 1.82) is 0 Å². The van der Waals surface area contributed by atoms with Crippen LogP contribution in [0.5, 0.6) is 0 Å². The van der Waals surface area contributed by atoms with Gasteiger partial charge in [0.25, 0.3) is 0 Å². The van der Waals surface area contributed by atoms with Gasteiger partial charge in [0.05, 0.1) is 5.56 Å². The summed E-state index contributed by atoms with van der Waals surface area (Å²) in [5.74, 6) is -1.65. The largest absolute Gasteiger partial charge is 0.478 e. The van der Waals surface area contributed by atoms with Crippen molar-refractivity contribution in [3.8, 4) is 0 Å². The lowest BCUT2D eigenvalue weighted by Crippen LogP contribution is -2.18. The summed E-state index contributed by atoms with van der Waals surface area (Å²) in [6.07, 6.45) is 0.977. The first-order chi connectivity index (χ1) is 10.0. The van der Waals surface area contributed by atoms with E-state index in [1.165, 1.54) is 17.7 Å². The van der Waals surface area contributed by atoms with Gasteiger partial charge in [0.2, 0.25) is 0 Å². The molecule has 1 N–H and O–H groups in total. The molecule has 21 heavy (non-hydrogen) atoms. The number of rotatable bonds is 5. The molecule has 110 valence electrons. The molecule has 2 rings (SSSR count). The van der Waals surface area contributed by atoms with E-state index in [0.29, 0.717) is 12.1 Å². The van der Waals surface area contributed by atoms with Crippen LogP contribution in [0.1, 0.15) is 28.4 Å². The molecule has 0 saturated carbocycles. The highest BCUT2D eigenvalue weighted by Crippen LogP contribution is 2.19. The Labute approximate surface area is 123 Å². The molecule has 0 heterocycles. The van der Waals surface area contributed by atoms with Gasteiger partial charge in [-0.1, -0.05) is 25.1 Å². The number of aryl methyl sites for hydroxylation is 1. The maximum Gasteiger partial charge on any atom is 0.336 e. The molecular formula is C17H18FNO2. The molecule has 0 aliphatic rings. The fraction of sp³-hybridized carbons (Fsp3) is 0.235. The zero-order valence-corrected chi connectivity index (χ0v) is 12.1. The van der Waals surface area contributed by atoms with Crippen molar-refractivity contribution in [2.75, 3.05) is 11.9 Å². The van der Waals surface area contributed by atoms with Gasteiger partial charge in [-0.25, -0.2) is 9.18 Å². The fourth-order valence-corrected chi connectivity index (χ4v) is 2.22. The van der Waals surface area contributed by atoms with Gasteiger partial charge in [-0.15, -0.1) is 0 Å². The second-order valence-corrected chi connectivity index (χ2v) is 4.98. The van der Waals surface area contributed by atoms with E-state index in [1.807, 2.05) is 24.1 Å².